The van der Waals surface area contributed by atoms with Crippen LogP contribution in [-0.2, 0) is 6.54 Å². The molecule has 2 heterocycles. The van der Waals surface area contributed by atoms with Crippen LogP contribution in [0.1, 0.15) is 22.6 Å². The molecular formula is C27H25N2S2+. The number of aryl methyl sites for hydroxylation is 1. The molecule has 4 heteroatoms. The number of aromatic nitrogens is 1. The van der Waals surface area contributed by atoms with E-state index in [-0.39, 0.29) is 0 Å². The second-order valence-corrected chi connectivity index (χ2v) is 9.22. The van der Waals surface area contributed by atoms with E-state index in [4.69, 9.17) is 0 Å². The predicted octanol–water partition coefficient (Wildman–Crippen LogP) is 6.54. The summed E-state index contributed by atoms with van der Waals surface area (Å²) in [5.41, 5.74) is 7.49. The van der Waals surface area contributed by atoms with Crippen LogP contribution in [0.5, 0.6) is 0 Å². The Labute approximate surface area is 193 Å². The molecule has 1 aliphatic rings. The van der Waals surface area contributed by atoms with Crippen molar-refractivity contribution in [2.24, 2.45) is 0 Å². The van der Waals surface area contributed by atoms with Gasteiger partial charge in [0.15, 0.2) is 6.54 Å². The Balaban J connectivity index is 1.70. The van der Waals surface area contributed by atoms with Crippen LogP contribution in [0.25, 0.3) is 27.6 Å². The largest absolute Gasteiger partial charge is 0.344 e. The van der Waals surface area contributed by atoms with E-state index in [0.717, 1.165) is 18.7 Å². The van der Waals surface area contributed by atoms with E-state index >= 15 is 0 Å². The van der Waals surface area contributed by atoms with Crippen LogP contribution >= 0.6 is 24.0 Å². The normalized spacial score (nSPS) is 14.7. The van der Waals surface area contributed by atoms with Crippen molar-refractivity contribution in [2.75, 3.05) is 17.7 Å². The number of rotatable bonds is 5. The van der Waals surface area contributed by atoms with Gasteiger partial charge in [0, 0.05) is 42.6 Å². The van der Waals surface area contributed by atoms with Crippen LogP contribution in [-0.4, -0.2) is 12.8 Å². The van der Waals surface area contributed by atoms with Gasteiger partial charge in [-0.2, -0.15) is 17.2 Å². The summed E-state index contributed by atoms with van der Waals surface area (Å²) in [5, 5.41) is 1.28. The smallest absolute Gasteiger partial charge is 0.263 e. The fraction of sp³-hybridized carbons (Fsp3) is 0.148. The number of anilines is 1. The molecule has 0 saturated carbocycles. The van der Waals surface area contributed by atoms with Crippen molar-refractivity contribution < 1.29 is 4.57 Å². The molecule has 0 atom stereocenters. The number of para-hydroxylation sites is 2. The van der Waals surface area contributed by atoms with E-state index < -0.39 is 0 Å². The minimum Gasteiger partial charge on any atom is -0.344 e. The molecule has 0 unspecified atom stereocenters. The zero-order valence-electron chi connectivity index (χ0n) is 17.5. The summed E-state index contributed by atoms with van der Waals surface area (Å²) in [4.78, 5) is 2.29. The molecule has 2 nitrogen and oxygen atoms in total. The van der Waals surface area contributed by atoms with E-state index in [1.807, 2.05) is 11.3 Å². The zero-order valence-corrected chi connectivity index (χ0v) is 19.2. The summed E-state index contributed by atoms with van der Waals surface area (Å²) in [6.45, 7) is 0.976. The third kappa shape index (κ3) is 3.82. The van der Waals surface area contributed by atoms with E-state index in [9.17, 15) is 0 Å². The fourth-order valence-corrected chi connectivity index (χ4v) is 5.50. The number of thiazole rings is 1. The lowest BCUT2D eigenvalue weighted by Gasteiger charge is -2.30. The van der Waals surface area contributed by atoms with Gasteiger partial charge >= 0.3 is 0 Å². The van der Waals surface area contributed by atoms with Gasteiger partial charge in [0.25, 0.3) is 5.01 Å². The van der Waals surface area contributed by atoms with E-state index in [1.54, 1.807) is 0 Å². The Morgan fingerprint density at radius 1 is 0.935 bits per heavy atom. The van der Waals surface area contributed by atoms with Gasteiger partial charge in [0.1, 0.15) is 4.70 Å². The van der Waals surface area contributed by atoms with Gasteiger partial charge in [-0.25, -0.2) is 0 Å². The monoisotopic (exact) mass is 441 g/mol. The number of allylic oxidation sites excluding steroid dienone is 2. The van der Waals surface area contributed by atoms with Crippen LogP contribution in [0, 0.1) is 0 Å². The molecule has 0 saturated heterocycles. The Kier molecular flexibility index (Phi) is 5.66. The lowest BCUT2D eigenvalue weighted by Crippen LogP contribution is -2.35. The zero-order chi connectivity index (χ0) is 21.2. The summed E-state index contributed by atoms with van der Waals surface area (Å²) in [6, 6.07) is 28.0. The van der Waals surface area contributed by atoms with Gasteiger partial charge in [0.2, 0.25) is 5.52 Å². The molecule has 1 aromatic heterocycles. The Bertz CT molecular complexity index is 1290. The average Bonchev–Trinajstić information content (AvgIpc) is 3.17. The van der Waals surface area contributed by atoms with Crippen molar-refractivity contribution >= 4 is 57.2 Å². The summed E-state index contributed by atoms with van der Waals surface area (Å²) in [7, 11) is 2.15. The quantitative estimate of drug-likeness (QED) is 0.273. The van der Waals surface area contributed by atoms with Gasteiger partial charge in [0.05, 0.1) is 0 Å². The minimum absolute atomic E-state index is 0.888. The molecular weight excluding hydrogens is 416 g/mol. The highest BCUT2D eigenvalue weighted by Gasteiger charge is 2.23. The molecule has 0 aliphatic carbocycles. The van der Waals surface area contributed by atoms with Crippen molar-refractivity contribution in [1.82, 2.24) is 0 Å². The highest BCUT2D eigenvalue weighted by molar-refractivity contribution is 7.80. The standard InChI is InChI=1S/C27H24N2S2/c1-28-23-13-6-5-12-22(23)21(18-25(28)20-10-3-2-4-11-20)19-27-29(16-9-17-30)24-14-7-8-15-26(24)31-27/h2-8,10-15,18-19H,9,16-17H2,1H3/p+1. The van der Waals surface area contributed by atoms with Gasteiger partial charge in [-0.3, -0.25) is 0 Å². The first-order valence-corrected chi connectivity index (χ1v) is 12.1. The van der Waals surface area contributed by atoms with Gasteiger partial charge in [-0.15, -0.1) is 0 Å². The van der Waals surface area contributed by atoms with E-state index in [0.29, 0.717) is 0 Å². The Morgan fingerprint density at radius 2 is 1.68 bits per heavy atom. The average molecular weight is 442 g/mol. The van der Waals surface area contributed by atoms with Crippen molar-refractivity contribution in [3.05, 3.63) is 101 Å². The maximum Gasteiger partial charge on any atom is 0.263 e. The Morgan fingerprint density at radius 3 is 2.52 bits per heavy atom. The minimum atomic E-state index is 0.888. The van der Waals surface area contributed by atoms with Crippen LogP contribution in [0.3, 0.4) is 0 Å². The molecule has 0 fully saturated rings. The first-order chi connectivity index (χ1) is 15.3. The number of hydrogen-bond donors (Lipinski definition) is 1. The summed E-state index contributed by atoms with van der Waals surface area (Å²) < 4.78 is 3.77. The summed E-state index contributed by atoms with van der Waals surface area (Å²) in [6.07, 6.45) is 5.73. The molecule has 0 N–H and O–H groups in total. The van der Waals surface area contributed by atoms with Gasteiger partial charge in [-0.1, -0.05) is 72.0 Å². The molecule has 0 bridgehead atoms. The van der Waals surface area contributed by atoms with Crippen LogP contribution in [0.15, 0.2) is 84.9 Å². The van der Waals surface area contributed by atoms with Crippen LogP contribution in [0.2, 0.25) is 0 Å². The lowest BCUT2D eigenvalue weighted by atomic mass is 9.95. The molecule has 0 radical (unpaired) electrons. The summed E-state index contributed by atoms with van der Waals surface area (Å²) in [5.74, 6) is 0.888. The lowest BCUT2D eigenvalue weighted by molar-refractivity contribution is -0.668. The first kappa shape index (κ1) is 20.1. The van der Waals surface area contributed by atoms with Crippen molar-refractivity contribution in [1.29, 1.82) is 0 Å². The van der Waals surface area contributed by atoms with E-state index in [1.165, 1.54) is 43.3 Å². The van der Waals surface area contributed by atoms with Gasteiger partial charge in [-0.05, 0) is 35.1 Å². The highest BCUT2D eigenvalue weighted by atomic mass is 32.1. The predicted molar refractivity (Wildman–Crippen MR) is 138 cm³/mol. The maximum atomic E-state index is 4.45. The highest BCUT2D eigenvalue weighted by Crippen LogP contribution is 2.39. The van der Waals surface area contributed by atoms with Crippen molar-refractivity contribution in [3.63, 3.8) is 0 Å². The first-order valence-electron chi connectivity index (χ1n) is 10.6. The summed E-state index contributed by atoms with van der Waals surface area (Å²) >= 11 is 6.31. The number of thiol groups is 1. The Hall–Kier alpha value is -2.82. The number of fused-ring (bicyclic) bond motifs is 2. The second kappa shape index (κ2) is 8.74. The van der Waals surface area contributed by atoms with Gasteiger partial charge < -0.3 is 4.90 Å². The molecule has 5 rings (SSSR count). The molecule has 154 valence electrons. The number of benzene rings is 3. The van der Waals surface area contributed by atoms with Crippen molar-refractivity contribution in [3.8, 4) is 0 Å². The molecule has 1 aliphatic heterocycles. The SMILES string of the molecule is CN1C(c2ccccc2)=C/C(=C\c2sc3ccccc3[n+]2CCCS)c2ccccc21. The molecule has 0 spiro atoms. The second-order valence-electron chi connectivity index (χ2n) is 7.71. The third-order valence-electron chi connectivity index (χ3n) is 5.75. The number of hydrogen-bond acceptors (Lipinski definition) is 3. The van der Waals surface area contributed by atoms with Crippen LogP contribution < -0.4 is 9.47 Å². The maximum absolute atomic E-state index is 4.45. The fourth-order valence-electron chi connectivity index (χ4n) is 4.22. The molecule has 0 amide bonds. The molecule has 4 aromatic rings. The van der Waals surface area contributed by atoms with E-state index in [2.05, 4.69) is 120 Å². The van der Waals surface area contributed by atoms with Crippen LogP contribution in [0.4, 0.5) is 5.69 Å². The molecule has 31 heavy (non-hydrogen) atoms. The number of nitrogens with zero attached hydrogens (tertiary/aromatic N) is 2. The molecule has 3 aromatic carbocycles. The third-order valence-corrected chi connectivity index (χ3v) is 7.18. The van der Waals surface area contributed by atoms with Crippen molar-refractivity contribution in [2.45, 2.75) is 13.0 Å². The topological polar surface area (TPSA) is 7.12 Å².